The van der Waals surface area contributed by atoms with Crippen molar-refractivity contribution in [3.63, 3.8) is 0 Å². The van der Waals surface area contributed by atoms with E-state index < -0.39 is 0 Å². The van der Waals surface area contributed by atoms with E-state index in [4.69, 9.17) is 9.47 Å². The third kappa shape index (κ3) is 2.70. The van der Waals surface area contributed by atoms with Crippen LogP contribution in [0.2, 0.25) is 0 Å². The summed E-state index contributed by atoms with van der Waals surface area (Å²) in [4.78, 5) is 2.48. The summed E-state index contributed by atoms with van der Waals surface area (Å²) in [6, 6.07) is 7.52. The van der Waals surface area contributed by atoms with Crippen molar-refractivity contribution in [2.45, 2.75) is 38.8 Å². The minimum absolute atomic E-state index is 0.551. The lowest BCUT2D eigenvalue weighted by atomic mass is 9.97. The highest BCUT2D eigenvalue weighted by Crippen LogP contribution is 2.35. The summed E-state index contributed by atoms with van der Waals surface area (Å²) in [5.41, 5.74) is 1.25. The molecule has 20 heavy (non-hydrogen) atoms. The van der Waals surface area contributed by atoms with E-state index in [0.29, 0.717) is 25.3 Å². The van der Waals surface area contributed by atoms with Gasteiger partial charge in [0.05, 0.1) is 0 Å². The summed E-state index contributed by atoms with van der Waals surface area (Å²) in [6.07, 6.45) is 2.40. The molecule has 4 nitrogen and oxygen atoms in total. The lowest BCUT2D eigenvalue weighted by Crippen LogP contribution is -2.47. The first kappa shape index (κ1) is 13.6. The van der Waals surface area contributed by atoms with E-state index >= 15 is 0 Å². The van der Waals surface area contributed by atoms with Gasteiger partial charge in [-0.1, -0.05) is 6.92 Å². The zero-order valence-corrected chi connectivity index (χ0v) is 12.4. The first-order valence-corrected chi connectivity index (χ1v) is 7.67. The van der Waals surface area contributed by atoms with Gasteiger partial charge < -0.3 is 19.7 Å². The number of rotatable bonds is 3. The van der Waals surface area contributed by atoms with E-state index in [0.717, 1.165) is 24.6 Å². The maximum absolute atomic E-state index is 5.69. The second-order valence-electron chi connectivity index (χ2n) is 5.65. The molecule has 1 fully saturated rings. The zero-order chi connectivity index (χ0) is 13.9. The van der Waals surface area contributed by atoms with Gasteiger partial charge in [-0.2, -0.15) is 0 Å². The van der Waals surface area contributed by atoms with Crippen LogP contribution in [0.1, 0.15) is 26.7 Å². The third-order valence-electron chi connectivity index (χ3n) is 4.23. The Morgan fingerprint density at radius 2 is 2.05 bits per heavy atom. The van der Waals surface area contributed by atoms with Gasteiger partial charge in [0, 0.05) is 30.4 Å². The largest absolute Gasteiger partial charge is 0.486 e. The van der Waals surface area contributed by atoms with Crippen LogP contribution in [-0.2, 0) is 0 Å². The lowest BCUT2D eigenvalue weighted by Gasteiger charge is -2.40. The Kier molecular flexibility index (Phi) is 4.01. The molecule has 4 heteroatoms. The number of hydrogen-bond acceptors (Lipinski definition) is 4. The highest BCUT2D eigenvalue weighted by molar-refractivity contribution is 5.57. The molecule has 1 aromatic rings. The molecule has 110 valence electrons. The number of benzene rings is 1. The molecule has 0 spiro atoms. The van der Waals surface area contributed by atoms with Crippen LogP contribution < -0.4 is 19.7 Å². The normalized spacial score (nSPS) is 25.6. The number of piperidine rings is 1. The summed E-state index contributed by atoms with van der Waals surface area (Å²) in [6.45, 7) is 7.93. The molecule has 0 aromatic heterocycles. The molecular formula is C16H24N2O2. The van der Waals surface area contributed by atoms with Crippen LogP contribution in [0.4, 0.5) is 5.69 Å². The number of anilines is 1. The highest BCUT2D eigenvalue weighted by atomic mass is 16.6. The van der Waals surface area contributed by atoms with Gasteiger partial charge in [-0.25, -0.2) is 0 Å². The van der Waals surface area contributed by atoms with Crippen molar-refractivity contribution >= 4 is 5.69 Å². The molecular weight excluding hydrogens is 252 g/mol. The standard InChI is InChI=1S/C16H24N2O2/c1-3-17-13-6-7-18(12(2)10-13)14-4-5-15-16(11-14)20-9-8-19-15/h4-5,11-13,17H,3,6-10H2,1-2H3. The van der Waals surface area contributed by atoms with Crippen molar-refractivity contribution in [1.29, 1.82) is 0 Å². The number of nitrogens with one attached hydrogen (secondary N) is 1. The SMILES string of the molecule is CCNC1CCN(c2ccc3c(c2)OCCO3)C(C)C1. The van der Waals surface area contributed by atoms with Crippen molar-refractivity contribution in [3.05, 3.63) is 18.2 Å². The average molecular weight is 276 g/mol. The molecule has 2 unspecified atom stereocenters. The maximum atomic E-state index is 5.69. The predicted molar refractivity (Wildman–Crippen MR) is 80.9 cm³/mol. The molecule has 3 rings (SSSR count). The van der Waals surface area contributed by atoms with Gasteiger partial charge in [0.15, 0.2) is 11.5 Å². The van der Waals surface area contributed by atoms with Gasteiger partial charge in [0.1, 0.15) is 13.2 Å². The Labute approximate surface area is 121 Å². The van der Waals surface area contributed by atoms with Crippen molar-refractivity contribution in [1.82, 2.24) is 5.32 Å². The smallest absolute Gasteiger partial charge is 0.163 e. The van der Waals surface area contributed by atoms with Gasteiger partial charge in [-0.15, -0.1) is 0 Å². The second-order valence-corrected chi connectivity index (χ2v) is 5.65. The van der Waals surface area contributed by atoms with Crippen molar-refractivity contribution in [3.8, 4) is 11.5 Å². The highest BCUT2D eigenvalue weighted by Gasteiger charge is 2.26. The van der Waals surface area contributed by atoms with Crippen LogP contribution in [0.15, 0.2) is 18.2 Å². The Bertz CT molecular complexity index is 464. The molecule has 0 amide bonds. The van der Waals surface area contributed by atoms with Gasteiger partial charge in [0.25, 0.3) is 0 Å². The Balaban J connectivity index is 1.73. The van der Waals surface area contributed by atoms with Gasteiger partial charge in [-0.3, -0.25) is 0 Å². The monoisotopic (exact) mass is 276 g/mol. The average Bonchev–Trinajstić information content (AvgIpc) is 2.47. The Morgan fingerprint density at radius 1 is 1.25 bits per heavy atom. The van der Waals surface area contributed by atoms with Crippen molar-refractivity contribution in [2.24, 2.45) is 0 Å². The number of hydrogen-bond donors (Lipinski definition) is 1. The first-order valence-electron chi connectivity index (χ1n) is 7.67. The molecule has 1 saturated heterocycles. The molecule has 2 atom stereocenters. The van der Waals surface area contributed by atoms with E-state index in [1.54, 1.807) is 0 Å². The summed E-state index contributed by atoms with van der Waals surface area (Å²) >= 11 is 0. The minimum Gasteiger partial charge on any atom is -0.486 e. The summed E-state index contributed by atoms with van der Waals surface area (Å²) in [5.74, 6) is 1.75. The molecule has 0 saturated carbocycles. The van der Waals surface area contributed by atoms with Crippen LogP contribution in [-0.4, -0.2) is 38.4 Å². The van der Waals surface area contributed by atoms with E-state index in [2.05, 4.69) is 36.2 Å². The molecule has 2 heterocycles. The minimum atomic E-state index is 0.551. The topological polar surface area (TPSA) is 33.7 Å². The summed E-state index contributed by atoms with van der Waals surface area (Å²) in [5, 5.41) is 3.57. The molecule has 0 bridgehead atoms. The van der Waals surface area contributed by atoms with Gasteiger partial charge >= 0.3 is 0 Å². The van der Waals surface area contributed by atoms with Crippen LogP contribution >= 0.6 is 0 Å². The maximum Gasteiger partial charge on any atom is 0.163 e. The van der Waals surface area contributed by atoms with Crippen LogP contribution in [0.3, 0.4) is 0 Å². The first-order chi connectivity index (χ1) is 9.78. The molecule has 2 aliphatic rings. The van der Waals surface area contributed by atoms with E-state index in [-0.39, 0.29) is 0 Å². The van der Waals surface area contributed by atoms with Gasteiger partial charge in [0.2, 0.25) is 0 Å². The lowest BCUT2D eigenvalue weighted by molar-refractivity contribution is 0.171. The van der Waals surface area contributed by atoms with Crippen LogP contribution in [0, 0.1) is 0 Å². The third-order valence-corrected chi connectivity index (χ3v) is 4.23. The molecule has 1 aromatic carbocycles. The molecule has 1 N–H and O–H groups in total. The number of fused-ring (bicyclic) bond motifs is 1. The fourth-order valence-electron chi connectivity index (χ4n) is 3.24. The Morgan fingerprint density at radius 3 is 2.80 bits per heavy atom. The van der Waals surface area contributed by atoms with E-state index in [1.165, 1.54) is 18.5 Å². The van der Waals surface area contributed by atoms with Crippen LogP contribution in [0.5, 0.6) is 11.5 Å². The predicted octanol–water partition coefficient (Wildman–Crippen LogP) is 2.42. The molecule has 0 radical (unpaired) electrons. The van der Waals surface area contributed by atoms with Crippen LogP contribution in [0.25, 0.3) is 0 Å². The quantitative estimate of drug-likeness (QED) is 0.919. The Hall–Kier alpha value is -1.42. The van der Waals surface area contributed by atoms with E-state index in [9.17, 15) is 0 Å². The fraction of sp³-hybridized carbons (Fsp3) is 0.625. The van der Waals surface area contributed by atoms with E-state index in [1.807, 2.05) is 6.07 Å². The second kappa shape index (κ2) is 5.92. The number of ether oxygens (including phenoxy) is 2. The molecule has 2 aliphatic heterocycles. The zero-order valence-electron chi connectivity index (χ0n) is 12.4. The fourth-order valence-corrected chi connectivity index (χ4v) is 3.24. The van der Waals surface area contributed by atoms with Crippen molar-refractivity contribution < 1.29 is 9.47 Å². The summed E-state index contributed by atoms with van der Waals surface area (Å²) < 4.78 is 11.3. The number of nitrogens with zero attached hydrogens (tertiary/aromatic N) is 1. The van der Waals surface area contributed by atoms with Crippen molar-refractivity contribution in [2.75, 3.05) is 31.2 Å². The summed E-state index contributed by atoms with van der Waals surface area (Å²) in [7, 11) is 0. The molecule has 0 aliphatic carbocycles. The van der Waals surface area contributed by atoms with Gasteiger partial charge in [-0.05, 0) is 38.4 Å².